The molecule has 0 aromatic carbocycles. The van der Waals surface area contributed by atoms with Gasteiger partial charge in [-0.2, -0.15) is 0 Å². The van der Waals surface area contributed by atoms with Crippen LogP contribution in [0, 0.1) is 24.7 Å². The van der Waals surface area contributed by atoms with Crippen LogP contribution in [-0.2, 0) is 16.0 Å². The lowest BCUT2D eigenvalue weighted by atomic mass is 9.95. The predicted octanol–water partition coefficient (Wildman–Crippen LogP) is 2.11. The van der Waals surface area contributed by atoms with Crippen LogP contribution in [0.4, 0.5) is 5.82 Å². The minimum atomic E-state index is 0.116. The number of carbonyl (C=O) groups excluding carboxylic acids is 1. The molecular formula is C20H30N4O2. The number of carbonyl (C=O) groups is 1. The lowest BCUT2D eigenvalue weighted by Gasteiger charge is -2.25. The van der Waals surface area contributed by atoms with Gasteiger partial charge in [-0.1, -0.05) is 6.92 Å². The number of nitrogens with one attached hydrogen (secondary N) is 1. The van der Waals surface area contributed by atoms with Crippen LogP contribution in [0.1, 0.15) is 44.0 Å². The molecule has 0 unspecified atom stereocenters. The van der Waals surface area contributed by atoms with Gasteiger partial charge >= 0.3 is 0 Å². The molecule has 1 saturated carbocycles. The highest BCUT2D eigenvalue weighted by Gasteiger charge is 2.44. The summed E-state index contributed by atoms with van der Waals surface area (Å²) in [6, 6.07) is 0.234. The molecule has 1 aromatic heterocycles. The monoisotopic (exact) mass is 358 g/mol. The summed E-state index contributed by atoms with van der Waals surface area (Å²) >= 11 is 0. The first-order valence-corrected chi connectivity index (χ1v) is 10.1. The third-order valence-corrected chi connectivity index (χ3v) is 6.15. The standard InChI is InChI=1S/C20H30N4O2/c1-3-14-10-21-13(2)22-19(14)24-11-17(15-4-5-15)18(12-24)23-20(25)16-6-8-26-9-7-16/h10,15-18H,3-9,11-12H2,1-2H3,(H,23,25)/t17-,18+/m0/s1. The number of aromatic nitrogens is 2. The van der Waals surface area contributed by atoms with Crippen molar-refractivity contribution >= 4 is 11.7 Å². The van der Waals surface area contributed by atoms with Crippen molar-refractivity contribution < 1.29 is 9.53 Å². The fourth-order valence-corrected chi connectivity index (χ4v) is 4.42. The lowest BCUT2D eigenvalue weighted by molar-refractivity contribution is -0.128. The van der Waals surface area contributed by atoms with E-state index in [0.29, 0.717) is 19.1 Å². The topological polar surface area (TPSA) is 67.4 Å². The van der Waals surface area contributed by atoms with Gasteiger partial charge in [-0.15, -0.1) is 0 Å². The normalized spacial score (nSPS) is 26.9. The number of hydrogen-bond donors (Lipinski definition) is 1. The summed E-state index contributed by atoms with van der Waals surface area (Å²) in [5, 5.41) is 3.39. The quantitative estimate of drug-likeness (QED) is 0.873. The number of aryl methyl sites for hydroxylation is 2. The SMILES string of the molecule is CCc1cnc(C)nc1N1C[C@@H](NC(=O)C2CCOCC2)[C@H](C2CC2)C1. The van der Waals surface area contributed by atoms with Crippen molar-refractivity contribution in [2.75, 3.05) is 31.2 Å². The van der Waals surface area contributed by atoms with Crippen LogP contribution in [0.5, 0.6) is 0 Å². The van der Waals surface area contributed by atoms with Gasteiger partial charge in [-0.05, 0) is 44.9 Å². The van der Waals surface area contributed by atoms with Crippen LogP contribution < -0.4 is 10.2 Å². The maximum atomic E-state index is 12.8. The third kappa shape index (κ3) is 3.70. The second-order valence-corrected chi connectivity index (χ2v) is 8.03. The molecule has 4 rings (SSSR count). The van der Waals surface area contributed by atoms with Gasteiger partial charge in [0.25, 0.3) is 0 Å². The van der Waals surface area contributed by atoms with Gasteiger partial charge in [0.05, 0.1) is 6.04 Å². The van der Waals surface area contributed by atoms with Crippen molar-refractivity contribution in [2.24, 2.45) is 17.8 Å². The first-order valence-electron chi connectivity index (χ1n) is 10.1. The Kier molecular flexibility index (Phi) is 5.11. The Hall–Kier alpha value is -1.69. The highest BCUT2D eigenvalue weighted by atomic mass is 16.5. The maximum Gasteiger partial charge on any atom is 0.223 e. The molecule has 1 aliphatic carbocycles. The molecule has 1 aromatic rings. The Labute approximate surface area is 155 Å². The molecule has 6 heteroatoms. The van der Waals surface area contributed by atoms with E-state index < -0.39 is 0 Å². The Morgan fingerprint density at radius 1 is 1.27 bits per heavy atom. The minimum Gasteiger partial charge on any atom is -0.381 e. The molecule has 142 valence electrons. The zero-order chi connectivity index (χ0) is 18.1. The van der Waals surface area contributed by atoms with Crippen LogP contribution >= 0.6 is 0 Å². The van der Waals surface area contributed by atoms with Crippen LogP contribution in [0.2, 0.25) is 0 Å². The molecule has 1 N–H and O–H groups in total. The third-order valence-electron chi connectivity index (χ3n) is 6.15. The van der Waals surface area contributed by atoms with Crippen molar-refractivity contribution in [3.63, 3.8) is 0 Å². The van der Waals surface area contributed by atoms with E-state index in [1.54, 1.807) is 0 Å². The molecule has 0 spiro atoms. The van der Waals surface area contributed by atoms with Gasteiger partial charge in [0.1, 0.15) is 11.6 Å². The molecule has 3 fully saturated rings. The summed E-state index contributed by atoms with van der Waals surface area (Å²) in [7, 11) is 0. The van der Waals surface area contributed by atoms with Gasteiger partial charge in [-0.3, -0.25) is 4.79 Å². The van der Waals surface area contributed by atoms with Crippen molar-refractivity contribution in [1.82, 2.24) is 15.3 Å². The molecule has 2 atom stereocenters. The highest BCUT2D eigenvalue weighted by molar-refractivity contribution is 5.79. The van der Waals surface area contributed by atoms with Gasteiger partial charge in [0, 0.05) is 49.9 Å². The number of rotatable bonds is 5. The van der Waals surface area contributed by atoms with Gasteiger partial charge < -0.3 is 15.0 Å². The number of nitrogens with zero attached hydrogens (tertiary/aromatic N) is 3. The van der Waals surface area contributed by atoms with E-state index in [0.717, 1.165) is 49.9 Å². The first-order chi connectivity index (χ1) is 12.7. The minimum absolute atomic E-state index is 0.116. The summed E-state index contributed by atoms with van der Waals surface area (Å²) in [6.07, 6.45) is 7.18. The van der Waals surface area contributed by atoms with Crippen molar-refractivity contribution in [1.29, 1.82) is 0 Å². The summed E-state index contributed by atoms with van der Waals surface area (Å²) in [5.74, 6) is 3.51. The maximum absolute atomic E-state index is 12.8. The number of ether oxygens (including phenoxy) is 1. The van der Waals surface area contributed by atoms with Gasteiger partial charge in [-0.25, -0.2) is 9.97 Å². The van der Waals surface area contributed by atoms with Gasteiger partial charge in [0.2, 0.25) is 5.91 Å². The molecule has 0 bridgehead atoms. The summed E-state index contributed by atoms with van der Waals surface area (Å²) in [4.78, 5) is 24.2. The molecule has 3 aliphatic rings. The predicted molar refractivity (Wildman–Crippen MR) is 100 cm³/mol. The van der Waals surface area contributed by atoms with E-state index in [1.165, 1.54) is 18.4 Å². The fraction of sp³-hybridized carbons (Fsp3) is 0.750. The Morgan fingerprint density at radius 3 is 2.73 bits per heavy atom. The molecule has 2 saturated heterocycles. The highest BCUT2D eigenvalue weighted by Crippen LogP contribution is 2.42. The average molecular weight is 358 g/mol. The number of anilines is 1. The largest absolute Gasteiger partial charge is 0.381 e. The second-order valence-electron chi connectivity index (χ2n) is 8.03. The van der Waals surface area contributed by atoms with Crippen LogP contribution in [0.3, 0.4) is 0 Å². The van der Waals surface area contributed by atoms with E-state index in [2.05, 4.69) is 22.1 Å². The lowest BCUT2D eigenvalue weighted by Crippen LogP contribution is -2.45. The Bertz CT molecular complexity index is 655. The first kappa shape index (κ1) is 17.7. The van der Waals surface area contributed by atoms with E-state index in [4.69, 9.17) is 9.72 Å². The van der Waals surface area contributed by atoms with E-state index in [9.17, 15) is 4.79 Å². The number of amides is 1. The van der Waals surface area contributed by atoms with Crippen molar-refractivity contribution in [2.45, 2.75) is 52.0 Å². The summed E-state index contributed by atoms with van der Waals surface area (Å²) in [5.41, 5.74) is 1.20. The molecule has 2 aliphatic heterocycles. The smallest absolute Gasteiger partial charge is 0.223 e. The number of hydrogen-bond acceptors (Lipinski definition) is 5. The Balaban J connectivity index is 1.48. The second kappa shape index (κ2) is 7.51. The Morgan fingerprint density at radius 2 is 2.04 bits per heavy atom. The zero-order valence-electron chi connectivity index (χ0n) is 15.9. The van der Waals surface area contributed by atoms with E-state index in [-0.39, 0.29) is 17.9 Å². The average Bonchev–Trinajstić information content (AvgIpc) is 3.43. The molecular weight excluding hydrogens is 328 g/mol. The van der Waals surface area contributed by atoms with Crippen molar-refractivity contribution in [3.05, 3.63) is 17.6 Å². The molecule has 26 heavy (non-hydrogen) atoms. The van der Waals surface area contributed by atoms with Gasteiger partial charge in [0.15, 0.2) is 0 Å². The summed E-state index contributed by atoms with van der Waals surface area (Å²) < 4.78 is 5.40. The molecule has 3 heterocycles. The summed E-state index contributed by atoms with van der Waals surface area (Å²) in [6.45, 7) is 7.37. The van der Waals surface area contributed by atoms with E-state index >= 15 is 0 Å². The molecule has 6 nitrogen and oxygen atoms in total. The van der Waals surface area contributed by atoms with Crippen LogP contribution in [-0.4, -0.2) is 48.2 Å². The van der Waals surface area contributed by atoms with Crippen LogP contribution in [0.15, 0.2) is 6.20 Å². The molecule has 1 amide bonds. The zero-order valence-corrected chi connectivity index (χ0v) is 15.9. The molecule has 0 radical (unpaired) electrons. The fourth-order valence-electron chi connectivity index (χ4n) is 4.42. The van der Waals surface area contributed by atoms with Crippen LogP contribution in [0.25, 0.3) is 0 Å². The van der Waals surface area contributed by atoms with E-state index in [1.807, 2.05) is 13.1 Å². The van der Waals surface area contributed by atoms with Crippen molar-refractivity contribution in [3.8, 4) is 0 Å².